The van der Waals surface area contributed by atoms with Crippen molar-refractivity contribution in [1.29, 1.82) is 0 Å². The van der Waals surface area contributed by atoms with E-state index in [4.69, 9.17) is 0 Å². The summed E-state index contributed by atoms with van der Waals surface area (Å²) in [6, 6.07) is 9.90. The molecule has 108 valence electrons. The largest absolute Gasteiger partial charge is 0.310 e. The van der Waals surface area contributed by atoms with Crippen LogP contribution in [0.25, 0.3) is 0 Å². The molecule has 0 amide bonds. The minimum Gasteiger partial charge on any atom is -0.310 e. The van der Waals surface area contributed by atoms with Crippen LogP contribution in [0.3, 0.4) is 0 Å². The summed E-state index contributed by atoms with van der Waals surface area (Å²) in [4.78, 5) is 2.44. The number of benzene rings is 1. The van der Waals surface area contributed by atoms with Crippen molar-refractivity contribution >= 4 is 11.8 Å². The third kappa shape index (κ3) is 5.98. The highest BCUT2D eigenvalue weighted by molar-refractivity contribution is 7.98. The molecule has 0 heterocycles. The van der Waals surface area contributed by atoms with Crippen LogP contribution in [0.2, 0.25) is 0 Å². The molecule has 2 nitrogen and oxygen atoms in total. The molecule has 0 saturated heterocycles. The van der Waals surface area contributed by atoms with Crippen LogP contribution in [-0.2, 0) is 13.1 Å². The average molecular weight is 280 g/mol. The highest BCUT2D eigenvalue weighted by Gasteiger charge is 2.11. The maximum absolute atomic E-state index is 3.51. The van der Waals surface area contributed by atoms with Gasteiger partial charge in [-0.1, -0.05) is 38.1 Å². The molecule has 1 atom stereocenters. The first kappa shape index (κ1) is 16.5. The monoisotopic (exact) mass is 280 g/mol. The predicted molar refractivity (Wildman–Crippen MR) is 87.7 cm³/mol. The highest BCUT2D eigenvalue weighted by atomic mass is 32.2. The van der Waals surface area contributed by atoms with Gasteiger partial charge in [-0.3, -0.25) is 4.90 Å². The summed E-state index contributed by atoms with van der Waals surface area (Å²) in [6.07, 6.45) is 2.17. The molecule has 0 saturated carbocycles. The van der Waals surface area contributed by atoms with E-state index in [-0.39, 0.29) is 0 Å². The molecule has 0 aromatic heterocycles. The van der Waals surface area contributed by atoms with Gasteiger partial charge in [0.25, 0.3) is 0 Å². The second-order valence-electron chi connectivity index (χ2n) is 5.52. The standard InChI is InChI=1S/C16H28N2S/c1-13(2)17-10-15-8-6-7-9-16(15)11-18(4)14(3)12-19-5/h6-9,13-14,17H,10-12H2,1-5H3. The zero-order chi connectivity index (χ0) is 14.3. The van der Waals surface area contributed by atoms with Gasteiger partial charge in [-0.15, -0.1) is 0 Å². The van der Waals surface area contributed by atoms with Crippen molar-refractivity contribution in [2.24, 2.45) is 0 Å². The summed E-state index contributed by atoms with van der Waals surface area (Å²) in [5, 5.41) is 3.51. The Morgan fingerprint density at radius 1 is 1.16 bits per heavy atom. The molecule has 1 N–H and O–H groups in total. The van der Waals surface area contributed by atoms with Crippen molar-refractivity contribution in [3.63, 3.8) is 0 Å². The van der Waals surface area contributed by atoms with Gasteiger partial charge in [0.15, 0.2) is 0 Å². The molecule has 0 aliphatic rings. The van der Waals surface area contributed by atoms with Crippen LogP contribution < -0.4 is 5.32 Å². The maximum Gasteiger partial charge on any atom is 0.0237 e. The first-order valence-electron chi connectivity index (χ1n) is 7.04. The van der Waals surface area contributed by atoms with Crippen LogP contribution in [0.15, 0.2) is 24.3 Å². The summed E-state index contributed by atoms with van der Waals surface area (Å²) in [5.74, 6) is 1.18. The van der Waals surface area contributed by atoms with Gasteiger partial charge in [-0.2, -0.15) is 11.8 Å². The Morgan fingerprint density at radius 2 is 1.79 bits per heavy atom. The van der Waals surface area contributed by atoms with Crippen molar-refractivity contribution in [1.82, 2.24) is 10.2 Å². The van der Waals surface area contributed by atoms with Crippen molar-refractivity contribution in [2.45, 2.75) is 45.9 Å². The topological polar surface area (TPSA) is 15.3 Å². The fraction of sp³-hybridized carbons (Fsp3) is 0.625. The van der Waals surface area contributed by atoms with Gasteiger partial charge in [-0.25, -0.2) is 0 Å². The van der Waals surface area contributed by atoms with Crippen molar-refractivity contribution in [2.75, 3.05) is 19.1 Å². The molecular formula is C16H28N2S. The molecular weight excluding hydrogens is 252 g/mol. The van der Waals surface area contributed by atoms with Crippen LogP contribution in [0.1, 0.15) is 31.9 Å². The summed E-state index contributed by atoms with van der Waals surface area (Å²) in [5.41, 5.74) is 2.85. The van der Waals surface area contributed by atoms with Crippen molar-refractivity contribution in [3.8, 4) is 0 Å². The minimum absolute atomic E-state index is 0.529. The molecule has 0 spiro atoms. The Bertz CT molecular complexity index is 366. The summed E-state index contributed by atoms with van der Waals surface area (Å²) in [7, 11) is 2.22. The van der Waals surface area contributed by atoms with Gasteiger partial charge in [-0.05, 0) is 31.4 Å². The van der Waals surface area contributed by atoms with Gasteiger partial charge in [0, 0.05) is 30.9 Å². The lowest BCUT2D eigenvalue weighted by atomic mass is 10.1. The molecule has 0 aliphatic heterocycles. The van der Waals surface area contributed by atoms with Crippen LogP contribution in [0.5, 0.6) is 0 Å². The maximum atomic E-state index is 3.51. The van der Waals surface area contributed by atoms with Gasteiger partial charge in [0.05, 0.1) is 0 Å². The Kier molecular flexibility index (Phi) is 7.51. The second kappa shape index (κ2) is 8.62. The molecule has 3 heteroatoms. The quantitative estimate of drug-likeness (QED) is 0.786. The molecule has 0 radical (unpaired) electrons. The first-order chi connectivity index (χ1) is 9.04. The van der Waals surface area contributed by atoms with Gasteiger partial charge in [0.2, 0.25) is 0 Å². The minimum atomic E-state index is 0.529. The van der Waals surface area contributed by atoms with E-state index in [1.165, 1.54) is 16.9 Å². The third-order valence-electron chi connectivity index (χ3n) is 3.40. The first-order valence-corrected chi connectivity index (χ1v) is 8.43. The second-order valence-corrected chi connectivity index (χ2v) is 6.43. The van der Waals surface area contributed by atoms with E-state index in [0.29, 0.717) is 12.1 Å². The fourth-order valence-electron chi connectivity index (χ4n) is 1.99. The number of nitrogens with zero attached hydrogens (tertiary/aromatic N) is 1. The molecule has 0 fully saturated rings. The van der Waals surface area contributed by atoms with E-state index in [0.717, 1.165) is 13.1 Å². The lowest BCUT2D eigenvalue weighted by Crippen LogP contribution is -2.31. The van der Waals surface area contributed by atoms with E-state index in [1.807, 2.05) is 11.8 Å². The number of rotatable bonds is 8. The van der Waals surface area contributed by atoms with E-state index in [1.54, 1.807) is 0 Å². The summed E-state index contributed by atoms with van der Waals surface area (Å²) < 4.78 is 0. The van der Waals surface area contributed by atoms with Gasteiger partial charge in [0.1, 0.15) is 0 Å². The summed E-state index contributed by atoms with van der Waals surface area (Å²) in [6.45, 7) is 8.66. The van der Waals surface area contributed by atoms with Crippen LogP contribution in [0.4, 0.5) is 0 Å². The molecule has 1 rings (SSSR count). The molecule has 19 heavy (non-hydrogen) atoms. The normalized spacial score (nSPS) is 13.2. The highest BCUT2D eigenvalue weighted by Crippen LogP contribution is 2.14. The summed E-state index contributed by atoms with van der Waals surface area (Å²) >= 11 is 1.91. The Hall–Kier alpha value is -0.510. The molecule has 0 aliphatic carbocycles. The predicted octanol–water partition coefficient (Wildman–Crippen LogP) is 3.37. The fourth-order valence-corrected chi connectivity index (χ4v) is 2.73. The van der Waals surface area contributed by atoms with Crippen molar-refractivity contribution in [3.05, 3.63) is 35.4 Å². The average Bonchev–Trinajstić information content (AvgIpc) is 2.37. The number of hydrogen-bond donors (Lipinski definition) is 1. The smallest absolute Gasteiger partial charge is 0.0237 e. The van der Waals surface area contributed by atoms with Gasteiger partial charge < -0.3 is 5.32 Å². The molecule has 1 aromatic carbocycles. The molecule has 1 unspecified atom stereocenters. The SMILES string of the molecule is CSCC(C)N(C)Cc1ccccc1CNC(C)C. The van der Waals surface area contributed by atoms with Crippen LogP contribution in [-0.4, -0.2) is 36.0 Å². The zero-order valence-electron chi connectivity index (χ0n) is 12.9. The van der Waals surface area contributed by atoms with E-state index < -0.39 is 0 Å². The number of thioether (sulfide) groups is 1. The molecule has 1 aromatic rings. The van der Waals surface area contributed by atoms with Gasteiger partial charge >= 0.3 is 0 Å². The van der Waals surface area contributed by atoms with E-state index >= 15 is 0 Å². The van der Waals surface area contributed by atoms with Crippen molar-refractivity contribution < 1.29 is 0 Å². The van der Waals surface area contributed by atoms with E-state index in [9.17, 15) is 0 Å². The lowest BCUT2D eigenvalue weighted by molar-refractivity contribution is 0.268. The number of nitrogens with one attached hydrogen (secondary N) is 1. The van der Waals surface area contributed by atoms with E-state index in [2.05, 4.69) is 68.6 Å². The Balaban J connectivity index is 2.66. The van der Waals surface area contributed by atoms with Crippen LogP contribution >= 0.6 is 11.8 Å². The third-order valence-corrected chi connectivity index (χ3v) is 4.21. The lowest BCUT2D eigenvalue weighted by Gasteiger charge is -2.25. The Morgan fingerprint density at radius 3 is 2.37 bits per heavy atom. The number of hydrogen-bond acceptors (Lipinski definition) is 3. The molecule has 0 bridgehead atoms. The zero-order valence-corrected chi connectivity index (χ0v) is 13.8. The Labute approximate surface area is 123 Å². The van der Waals surface area contributed by atoms with Crippen LogP contribution in [0, 0.1) is 0 Å².